The summed E-state index contributed by atoms with van der Waals surface area (Å²) in [7, 11) is 3.23. The fourth-order valence-corrected chi connectivity index (χ4v) is 2.60. The van der Waals surface area contributed by atoms with E-state index in [-0.39, 0.29) is 5.91 Å². The molecule has 0 spiro atoms. The number of anilines is 2. The summed E-state index contributed by atoms with van der Waals surface area (Å²) in [6.07, 6.45) is 0.458. The van der Waals surface area contributed by atoms with Gasteiger partial charge in [-0.15, -0.1) is 0 Å². The SMILES string of the molecule is COc1ccc(-c2cccc3c2NCCC(=O)N3)cc1OC. The number of nitrogens with one attached hydrogen (secondary N) is 2. The second-order valence-corrected chi connectivity index (χ2v) is 5.02. The van der Waals surface area contributed by atoms with Crippen LogP contribution in [0.5, 0.6) is 11.5 Å². The van der Waals surface area contributed by atoms with Gasteiger partial charge in [-0.3, -0.25) is 4.79 Å². The molecule has 1 aliphatic heterocycles. The van der Waals surface area contributed by atoms with Gasteiger partial charge in [0, 0.05) is 18.5 Å². The van der Waals surface area contributed by atoms with Crippen LogP contribution in [0, 0.1) is 0 Å². The summed E-state index contributed by atoms with van der Waals surface area (Å²) in [5.74, 6) is 1.39. The normalized spacial score (nSPS) is 13.5. The summed E-state index contributed by atoms with van der Waals surface area (Å²) in [4.78, 5) is 11.7. The first-order valence-corrected chi connectivity index (χ1v) is 7.12. The summed E-state index contributed by atoms with van der Waals surface area (Å²) in [5.41, 5.74) is 3.74. The second kappa shape index (κ2) is 5.97. The van der Waals surface area contributed by atoms with Gasteiger partial charge < -0.3 is 20.1 Å². The highest BCUT2D eigenvalue weighted by Gasteiger charge is 2.17. The van der Waals surface area contributed by atoms with Crippen molar-refractivity contribution in [3.63, 3.8) is 0 Å². The monoisotopic (exact) mass is 298 g/mol. The van der Waals surface area contributed by atoms with Crippen molar-refractivity contribution in [2.45, 2.75) is 6.42 Å². The Labute approximate surface area is 129 Å². The lowest BCUT2D eigenvalue weighted by atomic mass is 10.0. The Morgan fingerprint density at radius 1 is 1.05 bits per heavy atom. The Bertz CT molecular complexity index is 713. The van der Waals surface area contributed by atoms with Crippen molar-refractivity contribution >= 4 is 17.3 Å². The Kier molecular flexibility index (Phi) is 3.87. The lowest BCUT2D eigenvalue weighted by Gasteiger charge is -2.15. The molecule has 0 radical (unpaired) electrons. The molecule has 22 heavy (non-hydrogen) atoms. The molecule has 0 aliphatic carbocycles. The number of amides is 1. The third-order valence-corrected chi connectivity index (χ3v) is 3.69. The number of ether oxygens (including phenoxy) is 2. The fraction of sp³-hybridized carbons (Fsp3) is 0.235. The maximum Gasteiger partial charge on any atom is 0.226 e. The van der Waals surface area contributed by atoms with E-state index in [0.717, 1.165) is 22.5 Å². The highest BCUT2D eigenvalue weighted by molar-refractivity contribution is 5.99. The lowest BCUT2D eigenvalue weighted by molar-refractivity contribution is -0.115. The van der Waals surface area contributed by atoms with Crippen molar-refractivity contribution in [3.05, 3.63) is 36.4 Å². The average molecular weight is 298 g/mol. The van der Waals surface area contributed by atoms with Crippen molar-refractivity contribution < 1.29 is 14.3 Å². The van der Waals surface area contributed by atoms with Crippen molar-refractivity contribution in [1.29, 1.82) is 0 Å². The van der Waals surface area contributed by atoms with Crippen molar-refractivity contribution in [2.75, 3.05) is 31.4 Å². The van der Waals surface area contributed by atoms with Gasteiger partial charge in [-0.2, -0.15) is 0 Å². The van der Waals surface area contributed by atoms with Crippen LogP contribution >= 0.6 is 0 Å². The number of carbonyl (C=O) groups excluding carboxylic acids is 1. The van der Waals surface area contributed by atoms with Gasteiger partial charge in [0.1, 0.15) is 0 Å². The fourth-order valence-electron chi connectivity index (χ4n) is 2.60. The molecular weight excluding hydrogens is 280 g/mol. The Morgan fingerprint density at radius 3 is 2.64 bits per heavy atom. The van der Waals surface area contributed by atoms with E-state index in [1.165, 1.54) is 0 Å². The van der Waals surface area contributed by atoms with Gasteiger partial charge in [0.25, 0.3) is 0 Å². The largest absolute Gasteiger partial charge is 0.493 e. The van der Waals surface area contributed by atoms with Crippen LogP contribution < -0.4 is 20.1 Å². The van der Waals surface area contributed by atoms with Crippen molar-refractivity contribution in [2.24, 2.45) is 0 Å². The van der Waals surface area contributed by atoms with Crippen LogP contribution in [-0.4, -0.2) is 26.7 Å². The van der Waals surface area contributed by atoms with Crippen molar-refractivity contribution in [3.8, 4) is 22.6 Å². The highest BCUT2D eigenvalue weighted by Crippen LogP contribution is 2.39. The summed E-state index contributed by atoms with van der Waals surface area (Å²) in [5, 5.41) is 6.26. The van der Waals surface area contributed by atoms with Crippen LogP contribution in [0.4, 0.5) is 11.4 Å². The van der Waals surface area contributed by atoms with E-state index < -0.39 is 0 Å². The van der Waals surface area contributed by atoms with E-state index in [9.17, 15) is 4.79 Å². The van der Waals surface area contributed by atoms with Gasteiger partial charge in [-0.25, -0.2) is 0 Å². The smallest absolute Gasteiger partial charge is 0.226 e. The summed E-state index contributed by atoms with van der Waals surface area (Å²) < 4.78 is 10.6. The minimum absolute atomic E-state index is 0.0238. The first-order chi connectivity index (χ1) is 10.7. The molecule has 114 valence electrons. The van der Waals surface area contributed by atoms with E-state index in [0.29, 0.717) is 24.5 Å². The molecule has 2 aromatic carbocycles. The topological polar surface area (TPSA) is 59.6 Å². The average Bonchev–Trinajstić information content (AvgIpc) is 2.74. The lowest BCUT2D eigenvalue weighted by Crippen LogP contribution is -2.10. The molecule has 5 heteroatoms. The third kappa shape index (κ3) is 2.57. The maximum atomic E-state index is 11.7. The zero-order valence-electron chi connectivity index (χ0n) is 12.6. The molecule has 0 saturated heterocycles. The van der Waals surface area contributed by atoms with E-state index in [2.05, 4.69) is 10.6 Å². The molecule has 0 saturated carbocycles. The molecule has 3 rings (SSSR count). The van der Waals surface area contributed by atoms with E-state index in [1.54, 1.807) is 14.2 Å². The molecule has 2 N–H and O–H groups in total. The number of carbonyl (C=O) groups is 1. The second-order valence-electron chi connectivity index (χ2n) is 5.02. The molecule has 0 atom stereocenters. The van der Waals surface area contributed by atoms with Crippen LogP contribution in [0.15, 0.2) is 36.4 Å². The highest BCUT2D eigenvalue weighted by atomic mass is 16.5. The number of hydrogen-bond donors (Lipinski definition) is 2. The molecule has 0 aromatic heterocycles. The molecule has 1 heterocycles. The van der Waals surface area contributed by atoms with Gasteiger partial charge in [0.05, 0.1) is 25.6 Å². The number of methoxy groups -OCH3 is 2. The number of benzene rings is 2. The molecular formula is C17H18N2O3. The van der Waals surface area contributed by atoms with Crippen LogP contribution in [-0.2, 0) is 4.79 Å². The Hall–Kier alpha value is -2.69. The zero-order chi connectivity index (χ0) is 15.5. The van der Waals surface area contributed by atoms with Crippen LogP contribution in [0.1, 0.15) is 6.42 Å². The Morgan fingerprint density at radius 2 is 1.86 bits per heavy atom. The zero-order valence-corrected chi connectivity index (χ0v) is 12.6. The molecule has 1 aliphatic rings. The standard InChI is InChI=1S/C17H18N2O3/c1-21-14-7-6-11(10-15(14)22-2)12-4-3-5-13-17(12)18-9-8-16(20)19-13/h3-7,10,18H,8-9H2,1-2H3,(H,19,20). The number of para-hydroxylation sites is 1. The van der Waals surface area contributed by atoms with Crippen molar-refractivity contribution in [1.82, 2.24) is 0 Å². The van der Waals surface area contributed by atoms with Crippen LogP contribution in [0.2, 0.25) is 0 Å². The number of hydrogen-bond acceptors (Lipinski definition) is 4. The van der Waals surface area contributed by atoms with Crippen LogP contribution in [0.25, 0.3) is 11.1 Å². The number of rotatable bonds is 3. The maximum absolute atomic E-state index is 11.7. The molecule has 5 nitrogen and oxygen atoms in total. The van der Waals surface area contributed by atoms with Gasteiger partial charge in [-0.1, -0.05) is 18.2 Å². The molecule has 0 fully saturated rings. The van der Waals surface area contributed by atoms with E-state index in [4.69, 9.17) is 9.47 Å². The quantitative estimate of drug-likeness (QED) is 0.914. The third-order valence-electron chi connectivity index (χ3n) is 3.69. The van der Waals surface area contributed by atoms with E-state index >= 15 is 0 Å². The van der Waals surface area contributed by atoms with Gasteiger partial charge in [0.2, 0.25) is 5.91 Å². The first kappa shape index (κ1) is 14.3. The summed E-state index contributed by atoms with van der Waals surface area (Å²) in [6, 6.07) is 11.6. The molecule has 0 bridgehead atoms. The first-order valence-electron chi connectivity index (χ1n) is 7.12. The van der Waals surface area contributed by atoms with E-state index in [1.807, 2.05) is 36.4 Å². The summed E-state index contributed by atoms with van der Waals surface area (Å²) >= 11 is 0. The van der Waals surface area contributed by atoms with Gasteiger partial charge >= 0.3 is 0 Å². The molecule has 0 unspecified atom stereocenters. The van der Waals surface area contributed by atoms with Crippen LogP contribution in [0.3, 0.4) is 0 Å². The Balaban J connectivity index is 2.09. The minimum atomic E-state index is 0.0238. The number of fused-ring (bicyclic) bond motifs is 1. The predicted molar refractivity (Wildman–Crippen MR) is 86.7 cm³/mol. The summed E-state index contributed by atoms with van der Waals surface area (Å²) in [6.45, 7) is 0.614. The van der Waals surface area contributed by atoms with Gasteiger partial charge in [-0.05, 0) is 23.8 Å². The molecule has 2 aromatic rings. The molecule has 1 amide bonds. The minimum Gasteiger partial charge on any atom is -0.493 e. The van der Waals surface area contributed by atoms with Gasteiger partial charge in [0.15, 0.2) is 11.5 Å². The predicted octanol–water partition coefficient (Wildman–Crippen LogP) is 3.12.